The van der Waals surface area contributed by atoms with Crippen LogP contribution >= 0.6 is 0 Å². The first-order valence-corrected chi connectivity index (χ1v) is 6.77. The maximum atomic E-state index is 11.8. The molecular weight excluding hydrogens is 280 g/mol. The third kappa shape index (κ3) is 4.31. The van der Waals surface area contributed by atoms with Gasteiger partial charge in [0.1, 0.15) is 5.76 Å². The van der Waals surface area contributed by atoms with Crippen LogP contribution in [0.3, 0.4) is 0 Å². The lowest BCUT2D eigenvalue weighted by molar-refractivity contribution is -0.136. The van der Waals surface area contributed by atoms with Crippen LogP contribution in [0.15, 0.2) is 66.7 Å². The minimum atomic E-state index is -0.620. The number of ketones is 1. The average Bonchev–Trinajstić information content (AvgIpc) is 2.59. The molecule has 4 heteroatoms. The summed E-state index contributed by atoms with van der Waals surface area (Å²) in [5, 5.41) is 0. The van der Waals surface area contributed by atoms with Crippen molar-refractivity contribution in [2.75, 3.05) is 13.7 Å². The van der Waals surface area contributed by atoms with E-state index in [1.807, 2.05) is 36.4 Å². The van der Waals surface area contributed by atoms with Crippen LogP contribution in [-0.2, 0) is 14.3 Å². The SMILES string of the molecule is COC(=CC(=O)OCC(=O)c1ccccc1)c1ccccc1. The first-order valence-electron chi connectivity index (χ1n) is 6.77. The standard InChI is InChI=1S/C18H16O4/c1-21-17(15-10-6-3-7-11-15)12-18(20)22-13-16(19)14-8-4-2-5-9-14/h2-12H,13H2,1H3. The maximum absolute atomic E-state index is 11.8. The Kier molecular flexibility index (Phi) is 5.49. The van der Waals surface area contributed by atoms with Gasteiger partial charge in [0.25, 0.3) is 0 Å². The van der Waals surface area contributed by atoms with Crippen LogP contribution in [0.5, 0.6) is 0 Å². The second kappa shape index (κ2) is 7.78. The van der Waals surface area contributed by atoms with Gasteiger partial charge in [0.2, 0.25) is 0 Å². The highest BCUT2D eigenvalue weighted by atomic mass is 16.5. The zero-order valence-electron chi connectivity index (χ0n) is 12.2. The van der Waals surface area contributed by atoms with Crippen LogP contribution in [0.25, 0.3) is 5.76 Å². The summed E-state index contributed by atoms with van der Waals surface area (Å²) >= 11 is 0. The topological polar surface area (TPSA) is 52.6 Å². The molecule has 0 amide bonds. The van der Waals surface area contributed by atoms with Crippen LogP contribution < -0.4 is 0 Å². The number of hydrogen-bond acceptors (Lipinski definition) is 4. The summed E-state index contributed by atoms with van der Waals surface area (Å²) in [6, 6.07) is 17.9. The van der Waals surface area contributed by atoms with Crippen LogP contribution in [0.4, 0.5) is 0 Å². The third-order valence-electron chi connectivity index (χ3n) is 2.97. The number of esters is 1. The Balaban J connectivity index is 1.97. The molecule has 22 heavy (non-hydrogen) atoms. The van der Waals surface area contributed by atoms with Gasteiger partial charge in [-0.15, -0.1) is 0 Å². The molecule has 0 saturated heterocycles. The van der Waals surface area contributed by atoms with Gasteiger partial charge in [0, 0.05) is 11.1 Å². The zero-order valence-corrected chi connectivity index (χ0v) is 12.2. The summed E-state index contributed by atoms with van der Waals surface area (Å²) in [6.07, 6.45) is 1.23. The highest BCUT2D eigenvalue weighted by Crippen LogP contribution is 2.14. The van der Waals surface area contributed by atoms with Crippen molar-refractivity contribution in [2.24, 2.45) is 0 Å². The number of hydrogen-bond donors (Lipinski definition) is 0. The van der Waals surface area contributed by atoms with Crippen LogP contribution in [0, 0.1) is 0 Å². The van der Waals surface area contributed by atoms with E-state index in [1.165, 1.54) is 13.2 Å². The van der Waals surface area contributed by atoms with Crippen molar-refractivity contribution in [2.45, 2.75) is 0 Å². The zero-order chi connectivity index (χ0) is 15.8. The fourth-order valence-corrected chi connectivity index (χ4v) is 1.86. The van der Waals surface area contributed by atoms with Crippen LogP contribution in [0.2, 0.25) is 0 Å². The number of carbonyl (C=O) groups is 2. The molecule has 0 radical (unpaired) electrons. The van der Waals surface area contributed by atoms with E-state index in [9.17, 15) is 9.59 Å². The van der Waals surface area contributed by atoms with Crippen molar-refractivity contribution >= 4 is 17.5 Å². The predicted octanol–water partition coefficient (Wildman–Crippen LogP) is 3.10. The summed E-state index contributed by atoms with van der Waals surface area (Å²) in [4.78, 5) is 23.6. The minimum absolute atomic E-state index is 0.249. The van der Waals surface area contributed by atoms with Crippen molar-refractivity contribution in [1.29, 1.82) is 0 Å². The number of benzene rings is 2. The van der Waals surface area contributed by atoms with E-state index in [1.54, 1.807) is 24.3 Å². The molecule has 0 aliphatic heterocycles. The fraction of sp³-hybridized carbons (Fsp3) is 0.111. The van der Waals surface area contributed by atoms with Crippen molar-refractivity contribution in [3.63, 3.8) is 0 Å². The Hall–Kier alpha value is -2.88. The molecule has 2 aromatic carbocycles. The Bertz CT molecular complexity index is 660. The Labute approximate surface area is 129 Å². The molecular formula is C18H16O4. The van der Waals surface area contributed by atoms with Gasteiger partial charge in [-0.25, -0.2) is 4.79 Å². The Morgan fingerprint density at radius 3 is 2.00 bits per heavy atom. The van der Waals surface area contributed by atoms with E-state index in [0.29, 0.717) is 11.3 Å². The van der Waals surface area contributed by atoms with Crippen molar-refractivity contribution in [3.05, 3.63) is 77.9 Å². The number of rotatable bonds is 6. The highest BCUT2D eigenvalue weighted by molar-refractivity contribution is 5.99. The van der Waals surface area contributed by atoms with Gasteiger partial charge in [0.05, 0.1) is 13.2 Å². The lowest BCUT2D eigenvalue weighted by Crippen LogP contribution is -2.13. The molecule has 112 valence electrons. The van der Waals surface area contributed by atoms with Gasteiger partial charge in [-0.2, -0.15) is 0 Å². The van der Waals surface area contributed by atoms with Crippen LogP contribution in [0.1, 0.15) is 15.9 Å². The second-order valence-electron chi connectivity index (χ2n) is 4.48. The first-order chi connectivity index (χ1) is 10.7. The number of ether oxygens (including phenoxy) is 2. The lowest BCUT2D eigenvalue weighted by atomic mass is 10.1. The molecule has 0 saturated carbocycles. The molecule has 0 fully saturated rings. The highest BCUT2D eigenvalue weighted by Gasteiger charge is 2.10. The van der Waals surface area contributed by atoms with Crippen molar-refractivity contribution < 1.29 is 19.1 Å². The van der Waals surface area contributed by atoms with Gasteiger partial charge < -0.3 is 9.47 Å². The van der Waals surface area contributed by atoms with Gasteiger partial charge in [-0.3, -0.25) is 4.79 Å². The Morgan fingerprint density at radius 1 is 0.909 bits per heavy atom. The van der Waals surface area contributed by atoms with E-state index < -0.39 is 5.97 Å². The molecule has 0 atom stereocenters. The molecule has 0 unspecified atom stereocenters. The monoisotopic (exact) mass is 296 g/mol. The number of Topliss-reactive ketones (excluding diaryl/α,β-unsaturated/α-hetero) is 1. The summed E-state index contributed by atoms with van der Waals surface area (Å²) in [6.45, 7) is -0.300. The van der Waals surface area contributed by atoms with Gasteiger partial charge in [-0.05, 0) is 0 Å². The first kappa shape index (κ1) is 15.5. The van der Waals surface area contributed by atoms with E-state index in [-0.39, 0.29) is 12.4 Å². The molecule has 0 heterocycles. The summed E-state index contributed by atoms with van der Waals surface area (Å²) in [5.74, 6) is -0.483. The van der Waals surface area contributed by atoms with E-state index >= 15 is 0 Å². The fourth-order valence-electron chi connectivity index (χ4n) is 1.86. The van der Waals surface area contributed by atoms with Gasteiger partial charge in [-0.1, -0.05) is 60.7 Å². The van der Waals surface area contributed by atoms with Gasteiger partial charge >= 0.3 is 5.97 Å². The predicted molar refractivity (Wildman–Crippen MR) is 83.2 cm³/mol. The third-order valence-corrected chi connectivity index (χ3v) is 2.97. The van der Waals surface area contributed by atoms with E-state index in [0.717, 1.165) is 5.56 Å². The molecule has 2 rings (SSSR count). The molecule has 0 aliphatic rings. The van der Waals surface area contributed by atoms with Gasteiger partial charge in [0.15, 0.2) is 12.4 Å². The van der Waals surface area contributed by atoms with E-state index in [4.69, 9.17) is 9.47 Å². The molecule has 0 spiro atoms. The second-order valence-corrected chi connectivity index (χ2v) is 4.48. The lowest BCUT2D eigenvalue weighted by Gasteiger charge is -2.06. The largest absolute Gasteiger partial charge is 0.496 e. The molecule has 0 aliphatic carbocycles. The van der Waals surface area contributed by atoms with Crippen molar-refractivity contribution in [3.8, 4) is 0 Å². The Morgan fingerprint density at radius 2 is 1.45 bits per heavy atom. The maximum Gasteiger partial charge on any atom is 0.334 e. The quantitative estimate of drug-likeness (QED) is 0.356. The summed E-state index contributed by atoms with van der Waals surface area (Å²) in [5.41, 5.74) is 1.27. The number of carbonyl (C=O) groups excluding carboxylic acids is 2. The smallest absolute Gasteiger partial charge is 0.334 e. The van der Waals surface area contributed by atoms with E-state index in [2.05, 4.69) is 0 Å². The normalized spacial score (nSPS) is 10.9. The molecule has 4 nitrogen and oxygen atoms in total. The average molecular weight is 296 g/mol. The summed E-state index contributed by atoms with van der Waals surface area (Å²) < 4.78 is 10.1. The molecule has 2 aromatic rings. The minimum Gasteiger partial charge on any atom is -0.496 e. The van der Waals surface area contributed by atoms with Crippen LogP contribution in [-0.4, -0.2) is 25.5 Å². The molecule has 0 N–H and O–H groups in total. The summed E-state index contributed by atoms with van der Waals surface area (Å²) in [7, 11) is 1.47. The van der Waals surface area contributed by atoms with Crippen molar-refractivity contribution in [1.82, 2.24) is 0 Å². The molecule has 0 aromatic heterocycles. The number of methoxy groups -OCH3 is 1. The molecule has 0 bridgehead atoms.